The monoisotopic (exact) mass is 245 g/mol. The fraction of sp³-hybridized carbons (Fsp3) is 0.417. The lowest BCUT2D eigenvalue weighted by Gasteiger charge is -2.07. The molecule has 1 saturated carbocycles. The van der Waals surface area contributed by atoms with Gasteiger partial charge < -0.3 is 10.1 Å². The van der Waals surface area contributed by atoms with Gasteiger partial charge in [-0.05, 0) is 12.8 Å². The molecule has 2 heterocycles. The number of ether oxygens (including phenoxy) is 1. The van der Waals surface area contributed by atoms with Crippen LogP contribution in [-0.2, 0) is 7.05 Å². The van der Waals surface area contributed by atoms with Crippen LogP contribution in [0.2, 0.25) is 0 Å². The van der Waals surface area contributed by atoms with E-state index in [4.69, 9.17) is 4.74 Å². The Kier molecular flexibility index (Phi) is 2.62. The van der Waals surface area contributed by atoms with Crippen LogP contribution >= 0.6 is 0 Å². The van der Waals surface area contributed by atoms with Crippen LogP contribution < -0.4 is 10.1 Å². The van der Waals surface area contributed by atoms with E-state index in [0.29, 0.717) is 17.5 Å². The molecule has 2 aromatic heterocycles. The predicted octanol–water partition coefficient (Wildman–Crippen LogP) is 1.92. The number of anilines is 1. The van der Waals surface area contributed by atoms with Crippen LogP contribution in [0.1, 0.15) is 24.6 Å². The van der Waals surface area contributed by atoms with E-state index in [0.717, 1.165) is 11.6 Å². The van der Waals surface area contributed by atoms with Gasteiger partial charge in [-0.3, -0.25) is 4.68 Å². The number of rotatable bonds is 4. The van der Waals surface area contributed by atoms with Crippen molar-refractivity contribution in [3.8, 4) is 11.6 Å². The van der Waals surface area contributed by atoms with E-state index in [1.54, 1.807) is 23.1 Å². The molecule has 0 unspecified atom stereocenters. The molecule has 1 aliphatic carbocycles. The van der Waals surface area contributed by atoms with Crippen molar-refractivity contribution in [1.29, 1.82) is 0 Å². The first-order valence-electron chi connectivity index (χ1n) is 5.98. The molecule has 1 N–H and O–H groups in total. The maximum atomic E-state index is 5.69. The maximum absolute atomic E-state index is 5.69. The van der Waals surface area contributed by atoms with Gasteiger partial charge >= 0.3 is 0 Å². The Morgan fingerprint density at radius 1 is 1.39 bits per heavy atom. The van der Waals surface area contributed by atoms with Crippen molar-refractivity contribution in [2.24, 2.45) is 7.05 Å². The third-order valence-corrected chi connectivity index (χ3v) is 2.82. The molecule has 2 aromatic rings. The Balaban J connectivity index is 1.88. The first-order chi connectivity index (χ1) is 8.74. The molecule has 0 saturated heterocycles. The van der Waals surface area contributed by atoms with Gasteiger partial charge in [0.1, 0.15) is 11.6 Å². The van der Waals surface area contributed by atoms with Crippen molar-refractivity contribution in [3.05, 3.63) is 24.3 Å². The third-order valence-electron chi connectivity index (χ3n) is 2.82. The van der Waals surface area contributed by atoms with Crippen LogP contribution in [0.4, 0.5) is 5.82 Å². The molecule has 0 amide bonds. The summed E-state index contributed by atoms with van der Waals surface area (Å²) in [4.78, 5) is 8.88. The summed E-state index contributed by atoms with van der Waals surface area (Å²) < 4.78 is 7.38. The molecule has 18 heavy (non-hydrogen) atoms. The molecule has 0 spiro atoms. The molecule has 3 rings (SSSR count). The van der Waals surface area contributed by atoms with Crippen LogP contribution in [0, 0.1) is 0 Å². The normalized spacial score (nSPS) is 14.6. The van der Waals surface area contributed by atoms with Crippen molar-refractivity contribution < 1.29 is 4.74 Å². The minimum Gasteiger partial charge on any atom is -0.436 e. The van der Waals surface area contributed by atoms with Crippen molar-refractivity contribution in [3.63, 3.8) is 0 Å². The Bertz CT molecular complexity index is 561. The van der Waals surface area contributed by atoms with Gasteiger partial charge in [0, 0.05) is 26.1 Å². The maximum Gasteiger partial charge on any atom is 0.224 e. The Morgan fingerprint density at radius 3 is 2.83 bits per heavy atom. The molecule has 94 valence electrons. The molecule has 0 aliphatic heterocycles. The Labute approximate surface area is 105 Å². The molecule has 0 atom stereocenters. The van der Waals surface area contributed by atoms with Gasteiger partial charge in [-0.2, -0.15) is 10.1 Å². The molecule has 0 radical (unpaired) electrons. The smallest absolute Gasteiger partial charge is 0.224 e. The van der Waals surface area contributed by atoms with Crippen molar-refractivity contribution in [1.82, 2.24) is 19.7 Å². The predicted molar refractivity (Wildman–Crippen MR) is 66.8 cm³/mol. The minimum absolute atomic E-state index is 0.495. The lowest BCUT2D eigenvalue weighted by molar-refractivity contribution is 0.458. The summed E-state index contributed by atoms with van der Waals surface area (Å²) in [5.74, 6) is 3.38. The number of nitrogens with zero attached hydrogens (tertiary/aromatic N) is 4. The van der Waals surface area contributed by atoms with Crippen LogP contribution in [0.3, 0.4) is 0 Å². The second-order valence-electron chi connectivity index (χ2n) is 4.43. The minimum atomic E-state index is 0.495. The molecule has 6 nitrogen and oxygen atoms in total. The molecular weight excluding hydrogens is 230 g/mol. The van der Waals surface area contributed by atoms with Gasteiger partial charge in [-0.1, -0.05) is 0 Å². The van der Waals surface area contributed by atoms with Gasteiger partial charge in [0.25, 0.3) is 0 Å². The molecule has 1 fully saturated rings. The summed E-state index contributed by atoms with van der Waals surface area (Å²) in [5, 5.41) is 7.09. The summed E-state index contributed by atoms with van der Waals surface area (Å²) >= 11 is 0. The average molecular weight is 245 g/mol. The van der Waals surface area contributed by atoms with Crippen LogP contribution in [0.25, 0.3) is 0 Å². The van der Waals surface area contributed by atoms with Crippen molar-refractivity contribution in [2.45, 2.75) is 18.8 Å². The number of aryl methyl sites for hydroxylation is 1. The van der Waals surface area contributed by atoms with Crippen molar-refractivity contribution >= 4 is 5.82 Å². The van der Waals surface area contributed by atoms with Gasteiger partial charge in [-0.25, -0.2) is 4.98 Å². The lowest BCUT2D eigenvalue weighted by Crippen LogP contribution is -2.00. The molecule has 1 aliphatic rings. The number of nitrogens with one attached hydrogen (secondary N) is 1. The van der Waals surface area contributed by atoms with E-state index >= 15 is 0 Å². The first-order valence-corrected chi connectivity index (χ1v) is 5.98. The van der Waals surface area contributed by atoms with E-state index in [1.165, 1.54) is 12.8 Å². The fourth-order valence-electron chi connectivity index (χ4n) is 1.72. The van der Waals surface area contributed by atoms with Gasteiger partial charge in [-0.15, -0.1) is 0 Å². The second-order valence-corrected chi connectivity index (χ2v) is 4.43. The second kappa shape index (κ2) is 4.29. The zero-order valence-corrected chi connectivity index (χ0v) is 10.4. The fourth-order valence-corrected chi connectivity index (χ4v) is 1.72. The molecular formula is C12H15N5O. The first kappa shape index (κ1) is 11.0. The van der Waals surface area contributed by atoms with Crippen LogP contribution in [-0.4, -0.2) is 26.8 Å². The zero-order chi connectivity index (χ0) is 12.5. The summed E-state index contributed by atoms with van der Waals surface area (Å²) in [6.45, 7) is 0. The topological polar surface area (TPSA) is 64.9 Å². The van der Waals surface area contributed by atoms with Gasteiger partial charge in [0.05, 0.1) is 12.4 Å². The van der Waals surface area contributed by atoms with E-state index < -0.39 is 0 Å². The van der Waals surface area contributed by atoms with E-state index in [-0.39, 0.29) is 0 Å². The van der Waals surface area contributed by atoms with Crippen molar-refractivity contribution in [2.75, 3.05) is 12.4 Å². The summed E-state index contributed by atoms with van der Waals surface area (Å²) in [5.41, 5.74) is 0. The largest absolute Gasteiger partial charge is 0.436 e. The lowest BCUT2D eigenvalue weighted by atomic mass is 10.4. The van der Waals surface area contributed by atoms with Crippen LogP contribution in [0.15, 0.2) is 18.5 Å². The average Bonchev–Trinajstić information content (AvgIpc) is 3.14. The standard InChI is InChI=1S/C12H15N5O/c1-13-10-5-11(16-12(15-10)8-3-4-8)18-9-6-14-17(2)7-9/h5-8H,3-4H2,1-2H3,(H,13,15,16). The Hall–Kier alpha value is -2.11. The summed E-state index contributed by atoms with van der Waals surface area (Å²) in [6.07, 6.45) is 5.80. The quantitative estimate of drug-likeness (QED) is 0.891. The van der Waals surface area contributed by atoms with E-state index in [1.807, 2.05) is 14.1 Å². The highest BCUT2D eigenvalue weighted by Gasteiger charge is 2.27. The van der Waals surface area contributed by atoms with Gasteiger partial charge in [0.2, 0.25) is 5.88 Å². The van der Waals surface area contributed by atoms with Crippen LogP contribution in [0.5, 0.6) is 11.6 Å². The highest BCUT2D eigenvalue weighted by Crippen LogP contribution is 2.39. The highest BCUT2D eigenvalue weighted by molar-refractivity contribution is 5.39. The number of hydrogen-bond acceptors (Lipinski definition) is 5. The molecule has 0 aromatic carbocycles. The Morgan fingerprint density at radius 2 is 2.22 bits per heavy atom. The highest BCUT2D eigenvalue weighted by atomic mass is 16.5. The summed E-state index contributed by atoms with van der Waals surface area (Å²) in [7, 11) is 3.69. The zero-order valence-electron chi connectivity index (χ0n) is 10.4. The van der Waals surface area contributed by atoms with Gasteiger partial charge in [0.15, 0.2) is 5.75 Å². The van der Waals surface area contributed by atoms with E-state index in [9.17, 15) is 0 Å². The van der Waals surface area contributed by atoms with E-state index in [2.05, 4.69) is 20.4 Å². The number of hydrogen-bond donors (Lipinski definition) is 1. The number of aromatic nitrogens is 4. The molecule has 0 bridgehead atoms. The summed E-state index contributed by atoms with van der Waals surface area (Å²) in [6, 6.07) is 1.79. The molecule has 6 heteroatoms. The third kappa shape index (κ3) is 2.27. The SMILES string of the molecule is CNc1cc(Oc2cnn(C)c2)nc(C2CC2)n1.